The van der Waals surface area contributed by atoms with Crippen LogP contribution in [0.25, 0.3) is 11.3 Å². The number of aryl methyl sites for hydroxylation is 1. The first kappa shape index (κ1) is 18.2. The van der Waals surface area contributed by atoms with E-state index in [0.717, 1.165) is 24.2 Å². The Morgan fingerprint density at radius 3 is 2.33 bits per heavy atom. The molecule has 2 N–H and O–H groups in total. The van der Waals surface area contributed by atoms with Gasteiger partial charge in [0, 0.05) is 31.4 Å². The maximum atomic E-state index is 12.4. The molecule has 0 bridgehead atoms. The summed E-state index contributed by atoms with van der Waals surface area (Å²) in [6.07, 6.45) is 12.9. The Bertz CT molecular complexity index is 695. The van der Waals surface area contributed by atoms with Crippen molar-refractivity contribution in [2.24, 2.45) is 7.05 Å². The molecule has 2 aromatic rings. The molecule has 0 amide bonds. The third-order valence-corrected chi connectivity index (χ3v) is 4.38. The highest BCUT2D eigenvalue weighted by Crippen LogP contribution is 2.21. The fourth-order valence-electron chi connectivity index (χ4n) is 2.86. The number of hydrogen-bond donors (Lipinski definition) is 1. The molecule has 5 nitrogen and oxygen atoms in total. The van der Waals surface area contributed by atoms with Crippen molar-refractivity contribution in [3.05, 3.63) is 40.7 Å². The number of pyridine rings is 1. The number of aromatic nitrogens is 3. The molecular weight excluding hydrogens is 300 g/mol. The van der Waals surface area contributed by atoms with Gasteiger partial charge >= 0.3 is 0 Å². The number of anilines is 1. The highest BCUT2D eigenvalue weighted by molar-refractivity contribution is 5.71. The van der Waals surface area contributed by atoms with Crippen molar-refractivity contribution >= 4 is 5.69 Å². The van der Waals surface area contributed by atoms with Crippen molar-refractivity contribution in [1.82, 2.24) is 14.5 Å². The van der Waals surface area contributed by atoms with Gasteiger partial charge in [-0.25, -0.2) is 4.98 Å². The minimum absolute atomic E-state index is 0.172. The van der Waals surface area contributed by atoms with Crippen LogP contribution in [0.2, 0.25) is 0 Å². The normalized spacial score (nSPS) is 10.9. The van der Waals surface area contributed by atoms with E-state index in [9.17, 15) is 4.79 Å². The fraction of sp³-hybridized carbons (Fsp3) is 0.526. The number of nitrogens with zero attached hydrogens (tertiary/aromatic N) is 3. The van der Waals surface area contributed by atoms with Crippen LogP contribution in [0.5, 0.6) is 0 Å². The molecule has 5 heteroatoms. The van der Waals surface area contributed by atoms with E-state index in [0.29, 0.717) is 5.69 Å². The van der Waals surface area contributed by atoms with Crippen molar-refractivity contribution < 1.29 is 0 Å². The van der Waals surface area contributed by atoms with Gasteiger partial charge in [-0.15, -0.1) is 0 Å². The lowest BCUT2D eigenvalue weighted by Gasteiger charge is -2.12. The minimum atomic E-state index is -0.172. The van der Waals surface area contributed by atoms with Crippen molar-refractivity contribution in [1.29, 1.82) is 0 Å². The lowest BCUT2D eigenvalue weighted by atomic mass is 10.1. The Morgan fingerprint density at radius 1 is 1.04 bits per heavy atom. The molecule has 0 aliphatic heterocycles. The maximum Gasteiger partial charge on any atom is 0.277 e. The molecular formula is C19H28N4O. The average molecular weight is 328 g/mol. The molecule has 0 aromatic carbocycles. The molecule has 0 saturated carbocycles. The summed E-state index contributed by atoms with van der Waals surface area (Å²) in [4.78, 5) is 21.0. The molecule has 2 aromatic heterocycles. The van der Waals surface area contributed by atoms with E-state index in [1.807, 2.05) is 12.1 Å². The third-order valence-electron chi connectivity index (χ3n) is 4.38. The van der Waals surface area contributed by atoms with E-state index in [4.69, 9.17) is 5.73 Å². The van der Waals surface area contributed by atoms with Crippen LogP contribution >= 0.6 is 0 Å². The van der Waals surface area contributed by atoms with Crippen molar-refractivity contribution in [2.45, 2.75) is 58.3 Å². The Hall–Kier alpha value is -2.17. The molecule has 0 spiro atoms. The number of unbranched alkanes of at least 4 members (excludes halogenated alkanes) is 6. The zero-order chi connectivity index (χ0) is 17.4. The molecule has 0 radical (unpaired) electrons. The molecule has 0 atom stereocenters. The van der Waals surface area contributed by atoms with Crippen LogP contribution in [-0.2, 0) is 13.5 Å². The predicted molar refractivity (Wildman–Crippen MR) is 98.8 cm³/mol. The molecule has 0 aliphatic carbocycles. The maximum absolute atomic E-state index is 12.4. The molecule has 0 aliphatic rings. The highest BCUT2D eigenvalue weighted by Gasteiger charge is 2.13. The van der Waals surface area contributed by atoms with Crippen molar-refractivity contribution in [2.75, 3.05) is 5.73 Å². The summed E-state index contributed by atoms with van der Waals surface area (Å²) in [6.45, 7) is 2.23. The van der Waals surface area contributed by atoms with Crippen LogP contribution in [0.1, 0.15) is 57.7 Å². The summed E-state index contributed by atoms with van der Waals surface area (Å²) in [6, 6.07) is 3.66. The van der Waals surface area contributed by atoms with Crippen LogP contribution in [0, 0.1) is 0 Å². The zero-order valence-corrected chi connectivity index (χ0v) is 14.8. The second-order valence-corrected chi connectivity index (χ2v) is 6.26. The molecule has 24 heavy (non-hydrogen) atoms. The van der Waals surface area contributed by atoms with Crippen molar-refractivity contribution in [3.63, 3.8) is 0 Å². The van der Waals surface area contributed by atoms with Crippen LogP contribution < -0.4 is 11.3 Å². The number of hydrogen-bond acceptors (Lipinski definition) is 4. The first-order valence-electron chi connectivity index (χ1n) is 8.91. The smallest absolute Gasteiger partial charge is 0.277 e. The van der Waals surface area contributed by atoms with E-state index >= 15 is 0 Å². The van der Waals surface area contributed by atoms with Crippen LogP contribution in [-0.4, -0.2) is 14.5 Å². The van der Waals surface area contributed by atoms with Gasteiger partial charge in [-0.3, -0.25) is 14.3 Å². The summed E-state index contributed by atoms with van der Waals surface area (Å²) in [5, 5.41) is 0. The molecule has 0 unspecified atom stereocenters. The molecule has 2 heterocycles. The van der Waals surface area contributed by atoms with Gasteiger partial charge in [-0.05, 0) is 18.6 Å². The lowest BCUT2D eigenvalue weighted by molar-refractivity contribution is 0.576. The summed E-state index contributed by atoms with van der Waals surface area (Å²) in [5.74, 6) is 0.801. The quantitative estimate of drug-likeness (QED) is 0.712. The van der Waals surface area contributed by atoms with Gasteiger partial charge in [0.15, 0.2) is 0 Å². The minimum Gasteiger partial charge on any atom is -0.392 e. The van der Waals surface area contributed by atoms with Gasteiger partial charge in [0.05, 0.1) is 0 Å². The van der Waals surface area contributed by atoms with E-state index < -0.39 is 0 Å². The highest BCUT2D eigenvalue weighted by atomic mass is 16.1. The Balaban J connectivity index is 2.05. The largest absolute Gasteiger partial charge is 0.392 e. The third kappa shape index (κ3) is 4.66. The van der Waals surface area contributed by atoms with Gasteiger partial charge in [0.25, 0.3) is 5.56 Å². The predicted octanol–water partition coefficient (Wildman–Crippen LogP) is 3.72. The number of nitrogen functional groups attached to an aromatic ring is 1. The lowest BCUT2D eigenvalue weighted by Crippen LogP contribution is -2.26. The van der Waals surface area contributed by atoms with Gasteiger partial charge < -0.3 is 5.73 Å². The molecule has 2 rings (SSSR count). The summed E-state index contributed by atoms with van der Waals surface area (Å²) < 4.78 is 1.58. The summed E-state index contributed by atoms with van der Waals surface area (Å²) in [7, 11) is 1.75. The standard InChI is InChI=1S/C19H28N4O/c1-3-4-5-6-7-8-9-10-16-22-18(15-11-13-21-14-12-15)17(20)19(24)23(16)2/h11-14H,3-10,20H2,1-2H3. The topological polar surface area (TPSA) is 73.8 Å². The molecule has 0 saturated heterocycles. The summed E-state index contributed by atoms with van der Waals surface area (Å²) >= 11 is 0. The van der Waals surface area contributed by atoms with Crippen LogP contribution in [0.15, 0.2) is 29.3 Å². The van der Waals surface area contributed by atoms with E-state index in [-0.39, 0.29) is 11.2 Å². The number of nitrogens with two attached hydrogens (primary N) is 1. The number of rotatable bonds is 9. The fourth-order valence-corrected chi connectivity index (χ4v) is 2.86. The first-order chi connectivity index (χ1) is 11.6. The monoisotopic (exact) mass is 328 g/mol. The second kappa shape index (κ2) is 9.21. The Kier molecular flexibility index (Phi) is 6.97. The summed E-state index contributed by atoms with van der Waals surface area (Å²) in [5.41, 5.74) is 7.42. The van der Waals surface area contributed by atoms with Crippen molar-refractivity contribution in [3.8, 4) is 11.3 Å². The molecule has 130 valence electrons. The van der Waals surface area contributed by atoms with E-state index in [1.54, 1.807) is 24.0 Å². The van der Waals surface area contributed by atoms with Gasteiger partial charge in [0.2, 0.25) is 0 Å². The average Bonchev–Trinajstić information content (AvgIpc) is 2.61. The second-order valence-electron chi connectivity index (χ2n) is 6.26. The van der Waals surface area contributed by atoms with Gasteiger partial charge in [-0.1, -0.05) is 45.4 Å². The molecule has 0 fully saturated rings. The Morgan fingerprint density at radius 2 is 1.67 bits per heavy atom. The van der Waals surface area contributed by atoms with E-state index in [2.05, 4.69) is 16.9 Å². The van der Waals surface area contributed by atoms with Crippen LogP contribution in [0.4, 0.5) is 5.69 Å². The van der Waals surface area contributed by atoms with Gasteiger partial charge in [0.1, 0.15) is 17.2 Å². The van der Waals surface area contributed by atoms with Crippen LogP contribution in [0.3, 0.4) is 0 Å². The zero-order valence-electron chi connectivity index (χ0n) is 14.8. The Labute approximate surface area is 144 Å². The first-order valence-corrected chi connectivity index (χ1v) is 8.91. The van der Waals surface area contributed by atoms with Gasteiger partial charge in [-0.2, -0.15) is 0 Å². The SMILES string of the molecule is CCCCCCCCCc1nc(-c2ccncc2)c(N)c(=O)n1C. The van der Waals surface area contributed by atoms with E-state index in [1.165, 1.54) is 38.5 Å².